The topological polar surface area (TPSA) is 106 Å². The van der Waals surface area contributed by atoms with Crippen LogP contribution >= 0.6 is 0 Å². The van der Waals surface area contributed by atoms with E-state index in [2.05, 4.69) is 25.9 Å². The van der Waals surface area contributed by atoms with Crippen molar-refractivity contribution < 1.29 is 4.79 Å². The number of nitrogens with zero attached hydrogens (tertiary/aromatic N) is 5. The Balaban J connectivity index is 1.37. The molecule has 8 nitrogen and oxygen atoms in total. The van der Waals surface area contributed by atoms with Crippen LogP contribution in [0.2, 0.25) is 0 Å². The van der Waals surface area contributed by atoms with Crippen LogP contribution in [-0.4, -0.2) is 51.4 Å². The molecule has 1 N–H and O–H groups in total. The first-order valence-corrected chi connectivity index (χ1v) is 9.93. The number of aryl methyl sites for hydroxylation is 1. The summed E-state index contributed by atoms with van der Waals surface area (Å²) in [4.78, 5) is 40.6. The third-order valence-electron chi connectivity index (χ3n) is 5.39. The summed E-state index contributed by atoms with van der Waals surface area (Å²) in [5, 5.41) is 9.45. The van der Waals surface area contributed by atoms with E-state index in [0.29, 0.717) is 54.8 Å². The van der Waals surface area contributed by atoms with Gasteiger partial charge in [-0.25, -0.2) is 9.97 Å². The fourth-order valence-corrected chi connectivity index (χ4v) is 3.80. The molecule has 0 bridgehead atoms. The van der Waals surface area contributed by atoms with Crippen molar-refractivity contribution >= 4 is 22.6 Å². The summed E-state index contributed by atoms with van der Waals surface area (Å²) in [6.07, 6.45) is 2.25. The van der Waals surface area contributed by atoms with E-state index < -0.39 is 0 Å². The standard InChI is InChI=1S/C22H22N6O2/c1-15-14-27(20-8-6-16(12-23)13-24-20)10-11-28(15)21(29)9-7-19-25-18-5-3-2-4-17(18)22(30)26-19/h2-6,8,13,15H,7,9-11,14H2,1H3,(H,25,26,30)/t15-/m0/s1. The van der Waals surface area contributed by atoms with E-state index in [1.54, 1.807) is 30.5 Å². The lowest BCUT2D eigenvalue weighted by Gasteiger charge is -2.40. The number of amides is 1. The molecule has 3 aromatic rings. The number of anilines is 1. The Bertz CT molecular complexity index is 1160. The molecule has 1 atom stereocenters. The number of nitrogens with one attached hydrogen (secondary N) is 1. The van der Waals surface area contributed by atoms with Gasteiger partial charge in [0.05, 0.1) is 16.5 Å². The second-order valence-electron chi connectivity index (χ2n) is 7.43. The molecule has 1 saturated heterocycles. The number of benzene rings is 1. The number of nitriles is 1. The minimum absolute atomic E-state index is 0.0345. The van der Waals surface area contributed by atoms with Crippen LogP contribution in [0.5, 0.6) is 0 Å². The first kappa shape index (κ1) is 19.6. The summed E-state index contributed by atoms with van der Waals surface area (Å²) in [5.41, 5.74) is 0.987. The highest BCUT2D eigenvalue weighted by Crippen LogP contribution is 2.18. The van der Waals surface area contributed by atoms with Crippen molar-refractivity contribution in [1.82, 2.24) is 19.9 Å². The van der Waals surface area contributed by atoms with Crippen molar-refractivity contribution in [2.24, 2.45) is 0 Å². The third kappa shape index (κ3) is 4.01. The molecule has 1 fully saturated rings. The van der Waals surface area contributed by atoms with Crippen LogP contribution in [0.3, 0.4) is 0 Å². The zero-order valence-corrected chi connectivity index (χ0v) is 16.7. The molecule has 1 amide bonds. The number of pyridine rings is 1. The molecule has 152 valence electrons. The predicted octanol–water partition coefficient (Wildman–Crippen LogP) is 1.86. The summed E-state index contributed by atoms with van der Waals surface area (Å²) in [5.74, 6) is 1.39. The Kier molecular flexibility index (Phi) is 5.44. The largest absolute Gasteiger partial charge is 0.353 e. The maximum absolute atomic E-state index is 12.8. The Hall–Kier alpha value is -3.73. The molecule has 3 heterocycles. The maximum Gasteiger partial charge on any atom is 0.258 e. The molecule has 1 aliphatic heterocycles. The number of H-pyrrole nitrogens is 1. The molecule has 4 rings (SSSR count). The summed E-state index contributed by atoms with van der Waals surface area (Å²) in [6, 6.07) is 12.9. The summed E-state index contributed by atoms with van der Waals surface area (Å²) in [7, 11) is 0. The van der Waals surface area contributed by atoms with E-state index in [9.17, 15) is 9.59 Å². The molecule has 1 aliphatic rings. The zero-order valence-electron chi connectivity index (χ0n) is 16.7. The molecule has 0 saturated carbocycles. The van der Waals surface area contributed by atoms with E-state index in [1.165, 1.54) is 0 Å². The molecule has 8 heteroatoms. The number of aromatic amines is 1. The van der Waals surface area contributed by atoms with Gasteiger partial charge >= 0.3 is 0 Å². The molecule has 0 spiro atoms. The number of aromatic nitrogens is 3. The average Bonchev–Trinajstić information content (AvgIpc) is 2.77. The molecule has 0 radical (unpaired) electrons. The van der Waals surface area contributed by atoms with Gasteiger partial charge in [0.25, 0.3) is 5.56 Å². The van der Waals surface area contributed by atoms with Crippen molar-refractivity contribution in [3.63, 3.8) is 0 Å². The van der Waals surface area contributed by atoms with Gasteiger partial charge < -0.3 is 14.8 Å². The van der Waals surface area contributed by atoms with Gasteiger partial charge in [0.15, 0.2) is 0 Å². The Morgan fingerprint density at radius 2 is 2.10 bits per heavy atom. The van der Waals surface area contributed by atoms with Crippen LogP contribution in [0.4, 0.5) is 5.82 Å². The Morgan fingerprint density at radius 3 is 2.83 bits per heavy atom. The number of fused-ring (bicyclic) bond motifs is 1. The number of rotatable bonds is 4. The van der Waals surface area contributed by atoms with E-state index in [0.717, 1.165) is 5.82 Å². The first-order chi connectivity index (χ1) is 14.5. The van der Waals surface area contributed by atoms with Crippen molar-refractivity contribution in [2.45, 2.75) is 25.8 Å². The second kappa shape index (κ2) is 8.33. The van der Waals surface area contributed by atoms with Gasteiger partial charge in [-0.2, -0.15) is 5.26 Å². The summed E-state index contributed by atoms with van der Waals surface area (Å²) >= 11 is 0. The maximum atomic E-state index is 12.8. The normalized spacial score (nSPS) is 16.5. The van der Waals surface area contributed by atoms with Gasteiger partial charge in [0.1, 0.15) is 17.7 Å². The fraction of sp³-hybridized carbons (Fsp3) is 0.318. The number of hydrogen-bond donors (Lipinski definition) is 1. The van der Waals surface area contributed by atoms with Gasteiger partial charge in [0.2, 0.25) is 5.91 Å². The number of piperazine rings is 1. The lowest BCUT2D eigenvalue weighted by Crippen LogP contribution is -2.54. The predicted molar refractivity (Wildman–Crippen MR) is 113 cm³/mol. The highest BCUT2D eigenvalue weighted by atomic mass is 16.2. The van der Waals surface area contributed by atoms with E-state index >= 15 is 0 Å². The van der Waals surface area contributed by atoms with Gasteiger partial charge in [-0.05, 0) is 31.2 Å². The minimum Gasteiger partial charge on any atom is -0.353 e. The van der Waals surface area contributed by atoms with Crippen LogP contribution in [0.25, 0.3) is 10.9 Å². The molecule has 2 aromatic heterocycles. The van der Waals surface area contributed by atoms with Crippen LogP contribution in [0.15, 0.2) is 47.4 Å². The first-order valence-electron chi connectivity index (χ1n) is 9.93. The summed E-state index contributed by atoms with van der Waals surface area (Å²) in [6.45, 7) is 3.98. The van der Waals surface area contributed by atoms with Crippen molar-refractivity contribution in [3.05, 3.63) is 64.3 Å². The number of carbonyl (C=O) groups is 1. The lowest BCUT2D eigenvalue weighted by atomic mass is 10.1. The molecule has 30 heavy (non-hydrogen) atoms. The highest BCUT2D eigenvalue weighted by molar-refractivity contribution is 5.78. The second-order valence-corrected chi connectivity index (χ2v) is 7.43. The summed E-state index contributed by atoms with van der Waals surface area (Å²) < 4.78 is 0. The fourth-order valence-electron chi connectivity index (χ4n) is 3.80. The average molecular weight is 402 g/mol. The number of para-hydroxylation sites is 1. The smallest absolute Gasteiger partial charge is 0.258 e. The van der Waals surface area contributed by atoms with Crippen molar-refractivity contribution in [1.29, 1.82) is 5.26 Å². The number of hydrogen-bond acceptors (Lipinski definition) is 6. The van der Waals surface area contributed by atoms with Gasteiger partial charge in [0, 0.05) is 44.7 Å². The molecular formula is C22H22N6O2. The SMILES string of the molecule is C[C@H]1CN(c2ccc(C#N)cn2)CCN1C(=O)CCc1nc2ccccc2c(=O)[nH]1. The Labute approximate surface area is 173 Å². The highest BCUT2D eigenvalue weighted by Gasteiger charge is 2.27. The number of carbonyl (C=O) groups excluding carboxylic acids is 1. The van der Waals surface area contributed by atoms with E-state index in [1.807, 2.05) is 24.0 Å². The lowest BCUT2D eigenvalue weighted by molar-refractivity contribution is -0.133. The van der Waals surface area contributed by atoms with Crippen LogP contribution < -0.4 is 10.5 Å². The molecule has 1 aromatic carbocycles. The van der Waals surface area contributed by atoms with E-state index in [4.69, 9.17) is 5.26 Å². The van der Waals surface area contributed by atoms with E-state index in [-0.39, 0.29) is 17.5 Å². The monoisotopic (exact) mass is 402 g/mol. The van der Waals surface area contributed by atoms with Gasteiger partial charge in [-0.15, -0.1) is 0 Å². The minimum atomic E-state index is -0.181. The zero-order chi connectivity index (χ0) is 21.1. The molecular weight excluding hydrogens is 380 g/mol. The quantitative estimate of drug-likeness (QED) is 0.714. The van der Waals surface area contributed by atoms with Crippen LogP contribution in [-0.2, 0) is 11.2 Å². The van der Waals surface area contributed by atoms with Crippen molar-refractivity contribution in [3.8, 4) is 6.07 Å². The molecule has 0 unspecified atom stereocenters. The van der Waals surface area contributed by atoms with Gasteiger partial charge in [-0.3, -0.25) is 9.59 Å². The Morgan fingerprint density at radius 1 is 1.27 bits per heavy atom. The van der Waals surface area contributed by atoms with Crippen molar-refractivity contribution in [2.75, 3.05) is 24.5 Å². The van der Waals surface area contributed by atoms with Crippen LogP contribution in [0, 0.1) is 11.3 Å². The van der Waals surface area contributed by atoms with Gasteiger partial charge in [-0.1, -0.05) is 12.1 Å². The van der Waals surface area contributed by atoms with Crippen LogP contribution in [0.1, 0.15) is 24.7 Å². The third-order valence-corrected chi connectivity index (χ3v) is 5.39. The molecule has 0 aliphatic carbocycles.